The third-order valence-corrected chi connectivity index (χ3v) is 7.46. The molecule has 1 N–H and O–H groups in total. The van der Waals surface area contributed by atoms with Crippen molar-refractivity contribution in [3.63, 3.8) is 0 Å². The second-order valence-electron chi connectivity index (χ2n) is 10.6. The van der Waals surface area contributed by atoms with E-state index in [-0.39, 0.29) is 12.2 Å². The second kappa shape index (κ2) is 12.6. The zero-order valence-corrected chi connectivity index (χ0v) is 22.4. The van der Waals surface area contributed by atoms with Crippen LogP contribution in [0.3, 0.4) is 0 Å². The van der Waals surface area contributed by atoms with Gasteiger partial charge in [0.15, 0.2) is 0 Å². The van der Waals surface area contributed by atoms with Crippen LogP contribution >= 0.6 is 0 Å². The van der Waals surface area contributed by atoms with Crippen LogP contribution in [0.2, 0.25) is 0 Å². The maximum atomic E-state index is 6.66. The Hall–Kier alpha value is -2.50. The highest BCUT2D eigenvalue weighted by atomic mass is 16.6. The highest BCUT2D eigenvalue weighted by Gasteiger charge is 2.45. The molecule has 2 atom stereocenters. The number of ether oxygens (including phenoxy) is 4. The van der Waals surface area contributed by atoms with E-state index in [0.29, 0.717) is 6.61 Å². The molecule has 5 nitrogen and oxygen atoms in total. The van der Waals surface area contributed by atoms with Gasteiger partial charge >= 0.3 is 0 Å². The van der Waals surface area contributed by atoms with Crippen LogP contribution in [0.1, 0.15) is 76.5 Å². The first kappa shape index (κ1) is 26.6. The van der Waals surface area contributed by atoms with Crippen molar-refractivity contribution in [2.75, 3.05) is 25.6 Å². The molecule has 2 aromatic rings. The lowest BCUT2D eigenvalue weighted by atomic mass is 9.86. The van der Waals surface area contributed by atoms with Gasteiger partial charge in [-0.3, -0.25) is 0 Å². The summed E-state index contributed by atoms with van der Waals surface area (Å²) in [6, 6.07) is 14.5. The maximum absolute atomic E-state index is 6.66. The van der Waals surface area contributed by atoms with Crippen LogP contribution in [-0.4, -0.2) is 32.0 Å². The molecule has 1 aliphatic heterocycles. The van der Waals surface area contributed by atoms with E-state index in [2.05, 4.69) is 49.5 Å². The predicted octanol–water partition coefficient (Wildman–Crippen LogP) is 7.47. The normalized spacial score (nSPS) is 21.7. The number of methoxy groups -OCH3 is 1. The summed E-state index contributed by atoms with van der Waals surface area (Å²) < 4.78 is 24.8. The number of hydrogen-bond donors (Lipinski definition) is 1. The van der Waals surface area contributed by atoms with Gasteiger partial charge < -0.3 is 24.3 Å². The highest BCUT2D eigenvalue weighted by Crippen LogP contribution is 2.44. The zero-order valence-electron chi connectivity index (χ0n) is 22.4. The maximum Gasteiger partial charge on any atom is 0.132 e. The number of allylic oxidation sites excluding steroid dienone is 1. The van der Waals surface area contributed by atoms with Crippen LogP contribution in [0.15, 0.2) is 54.6 Å². The van der Waals surface area contributed by atoms with Crippen LogP contribution in [0.25, 0.3) is 0 Å². The summed E-state index contributed by atoms with van der Waals surface area (Å²) in [5.41, 5.74) is 2.80. The van der Waals surface area contributed by atoms with E-state index in [4.69, 9.17) is 18.9 Å². The Balaban J connectivity index is 1.51. The van der Waals surface area contributed by atoms with E-state index >= 15 is 0 Å². The lowest BCUT2D eigenvalue weighted by molar-refractivity contribution is -0.158. The predicted molar refractivity (Wildman–Crippen MR) is 146 cm³/mol. The van der Waals surface area contributed by atoms with Gasteiger partial charge in [-0.05, 0) is 69.0 Å². The number of fused-ring (bicyclic) bond motifs is 1. The first-order valence-corrected chi connectivity index (χ1v) is 13.5. The van der Waals surface area contributed by atoms with Crippen molar-refractivity contribution >= 4 is 5.69 Å². The minimum Gasteiger partial charge on any atom is -0.497 e. The summed E-state index contributed by atoms with van der Waals surface area (Å²) in [5, 5.41) is 3.56. The SMILES string of the molecule is CC=CCOC1C(OCCC2CCCCC2)c2cc(NCc3ccc(OC)cc3)ccc2OC1(C)C. The van der Waals surface area contributed by atoms with Crippen molar-refractivity contribution < 1.29 is 18.9 Å². The molecule has 1 saturated carbocycles. The highest BCUT2D eigenvalue weighted by molar-refractivity contribution is 5.54. The minimum atomic E-state index is -0.498. The average molecular weight is 494 g/mol. The second-order valence-corrected chi connectivity index (χ2v) is 10.6. The van der Waals surface area contributed by atoms with E-state index in [1.54, 1.807) is 7.11 Å². The molecule has 196 valence electrons. The van der Waals surface area contributed by atoms with Crippen molar-refractivity contribution in [1.29, 1.82) is 0 Å². The molecule has 0 radical (unpaired) electrons. The molecule has 1 fully saturated rings. The van der Waals surface area contributed by atoms with E-state index < -0.39 is 5.60 Å². The quantitative estimate of drug-likeness (QED) is 0.329. The van der Waals surface area contributed by atoms with E-state index in [1.807, 2.05) is 31.2 Å². The van der Waals surface area contributed by atoms with Crippen molar-refractivity contribution in [3.05, 3.63) is 65.7 Å². The van der Waals surface area contributed by atoms with Crippen LogP contribution in [0.4, 0.5) is 5.69 Å². The number of anilines is 1. The molecule has 0 spiro atoms. The van der Waals surface area contributed by atoms with Crippen molar-refractivity contribution in [1.82, 2.24) is 0 Å². The van der Waals surface area contributed by atoms with Gasteiger partial charge in [-0.15, -0.1) is 0 Å². The van der Waals surface area contributed by atoms with E-state index in [1.165, 1.54) is 37.7 Å². The molecule has 0 saturated heterocycles. The number of rotatable bonds is 11. The summed E-state index contributed by atoms with van der Waals surface area (Å²) in [6.45, 7) is 8.23. The van der Waals surface area contributed by atoms with Crippen molar-refractivity contribution in [2.24, 2.45) is 5.92 Å². The topological polar surface area (TPSA) is 49.0 Å². The molecular weight excluding hydrogens is 450 g/mol. The Morgan fingerprint density at radius 1 is 1.03 bits per heavy atom. The molecule has 2 aliphatic rings. The molecule has 4 rings (SSSR count). The summed E-state index contributed by atoms with van der Waals surface area (Å²) in [5.74, 6) is 2.53. The number of nitrogens with one attached hydrogen (secondary N) is 1. The van der Waals surface area contributed by atoms with E-state index in [0.717, 1.165) is 48.2 Å². The van der Waals surface area contributed by atoms with Crippen molar-refractivity contribution in [2.45, 2.75) is 83.6 Å². The Labute approximate surface area is 217 Å². The average Bonchev–Trinajstić information content (AvgIpc) is 2.89. The molecule has 2 unspecified atom stereocenters. The molecular formula is C31H43NO4. The van der Waals surface area contributed by atoms with Crippen molar-refractivity contribution in [3.8, 4) is 11.5 Å². The third kappa shape index (κ3) is 6.83. The van der Waals surface area contributed by atoms with Gasteiger partial charge in [-0.1, -0.05) is 56.4 Å². The standard InChI is InChI=1S/C31H43NO4/c1-5-6-19-35-30-29(34-20-18-23-10-8-7-9-11-23)27-21-25(14-17-28(27)36-31(30,2)3)32-22-24-12-15-26(33-4)16-13-24/h5-6,12-17,21,23,29-30,32H,7-11,18-20,22H2,1-4H3. The Kier molecular flexibility index (Phi) is 9.33. The number of hydrogen-bond acceptors (Lipinski definition) is 5. The van der Waals surface area contributed by atoms with Crippen LogP contribution < -0.4 is 14.8 Å². The Morgan fingerprint density at radius 2 is 1.81 bits per heavy atom. The van der Waals surface area contributed by atoms with Gasteiger partial charge in [0.25, 0.3) is 0 Å². The Morgan fingerprint density at radius 3 is 2.53 bits per heavy atom. The van der Waals surface area contributed by atoms with Gasteiger partial charge in [0.1, 0.15) is 29.3 Å². The Bertz CT molecular complexity index is 979. The lowest BCUT2D eigenvalue weighted by Gasteiger charge is -2.44. The summed E-state index contributed by atoms with van der Waals surface area (Å²) in [6.07, 6.45) is 11.6. The fraction of sp³-hybridized carbons (Fsp3) is 0.548. The molecule has 2 aromatic carbocycles. The summed E-state index contributed by atoms with van der Waals surface area (Å²) >= 11 is 0. The van der Waals surface area contributed by atoms with Gasteiger partial charge in [-0.2, -0.15) is 0 Å². The number of benzene rings is 2. The first-order chi connectivity index (χ1) is 17.5. The third-order valence-electron chi connectivity index (χ3n) is 7.46. The molecule has 1 heterocycles. The first-order valence-electron chi connectivity index (χ1n) is 13.5. The van der Waals surface area contributed by atoms with Gasteiger partial charge in [0.2, 0.25) is 0 Å². The monoisotopic (exact) mass is 493 g/mol. The minimum absolute atomic E-state index is 0.180. The van der Waals surface area contributed by atoms with Crippen LogP contribution in [0, 0.1) is 5.92 Å². The molecule has 5 heteroatoms. The zero-order chi connectivity index (χ0) is 25.4. The largest absolute Gasteiger partial charge is 0.497 e. The molecule has 1 aliphatic carbocycles. The molecule has 0 aromatic heterocycles. The van der Waals surface area contributed by atoms with Gasteiger partial charge in [0.05, 0.1) is 13.7 Å². The summed E-state index contributed by atoms with van der Waals surface area (Å²) in [7, 11) is 1.69. The fourth-order valence-corrected chi connectivity index (χ4v) is 5.35. The van der Waals surface area contributed by atoms with Crippen LogP contribution in [-0.2, 0) is 16.0 Å². The molecule has 0 bridgehead atoms. The van der Waals surface area contributed by atoms with Crippen LogP contribution in [0.5, 0.6) is 11.5 Å². The van der Waals surface area contributed by atoms with Gasteiger partial charge in [0, 0.05) is 24.4 Å². The van der Waals surface area contributed by atoms with Gasteiger partial charge in [-0.25, -0.2) is 0 Å². The fourth-order valence-electron chi connectivity index (χ4n) is 5.35. The summed E-state index contributed by atoms with van der Waals surface area (Å²) in [4.78, 5) is 0. The lowest BCUT2D eigenvalue weighted by Crippen LogP contribution is -2.51. The molecule has 36 heavy (non-hydrogen) atoms. The van der Waals surface area contributed by atoms with E-state index in [9.17, 15) is 0 Å². The smallest absolute Gasteiger partial charge is 0.132 e. The molecule has 0 amide bonds.